The van der Waals surface area contributed by atoms with Crippen LogP contribution in [0.4, 0.5) is 8.78 Å². The molecule has 68 valence electrons. The average molecular weight is 193 g/mol. The minimum Gasteiger partial charge on any atom is -0.350 e. The van der Waals surface area contributed by atoms with Crippen molar-refractivity contribution < 1.29 is 13.6 Å². The summed E-state index contributed by atoms with van der Waals surface area (Å²) in [5.74, 6) is 2.25. The highest BCUT2D eigenvalue weighted by Crippen LogP contribution is 1.96. The van der Waals surface area contributed by atoms with Crippen LogP contribution in [0.1, 0.15) is 0 Å². The highest BCUT2D eigenvalue weighted by Gasteiger charge is 2.12. The maximum atomic E-state index is 11.6. The first-order chi connectivity index (χ1) is 5.68. The average Bonchev–Trinajstić information content (AvgIpc) is 2.03. The third-order valence-electron chi connectivity index (χ3n) is 0.929. The fraction of sp³-hybridized carbons (Fsp3) is 0.571. The molecular formula is C7H9F2NOS. The molecule has 0 unspecified atom stereocenters. The SMILES string of the molecule is C#CCSCCNC(=O)C(F)F. The van der Waals surface area contributed by atoms with E-state index >= 15 is 0 Å². The minimum absolute atomic E-state index is 0.232. The zero-order valence-corrected chi connectivity index (χ0v) is 7.16. The molecule has 0 aliphatic carbocycles. The number of hydrogen-bond acceptors (Lipinski definition) is 2. The quantitative estimate of drug-likeness (QED) is 0.515. The topological polar surface area (TPSA) is 29.1 Å². The second kappa shape index (κ2) is 6.92. The Balaban J connectivity index is 3.21. The lowest BCUT2D eigenvalue weighted by atomic mass is 10.6. The molecule has 0 aliphatic rings. The van der Waals surface area contributed by atoms with Gasteiger partial charge in [0.25, 0.3) is 5.91 Å². The number of thioether (sulfide) groups is 1. The van der Waals surface area contributed by atoms with Crippen molar-refractivity contribution in [3.8, 4) is 12.3 Å². The first kappa shape index (κ1) is 11.2. The van der Waals surface area contributed by atoms with Gasteiger partial charge >= 0.3 is 6.43 Å². The van der Waals surface area contributed by atoms with Gasteiger partial charge in [-0.05, 0) is 0 Å². The van der Waals surface area contributed by atoms with E-state index in [1.165, 1.54) is 11.8 Å². The van der Waals surface area contributed by atoms with Crippen LogP contribution in [0.3, 0.4) is 0 Å². The van der Waals surface area contributed by atoms with Gasteiger partial charge in [0.15, 0.2) is 0 Å². The van der Waals surface area contributed by atoms with Gasteiger partial charge in [0.05, 0.1) is 5.75 Å². The van der Waals surface area contributed by atoms with E-state index < -0.39 is 12.3 Å². The normalized spacial score (nSPS) is 9.50. The Kier molecular flexibility index (Phi) is 6.48. The van der Waals surface area contributed by atoms with E-state index in [0.29, 0.717) is 11.5 Å². The molecule has 0 aliphatic heterocycles. The molecule has 1 amide bonds. The number of terminal acetylenes is 1. The molecule has 0 rings (SSSR count). The third-order valence-corrected chi connectivity index (χ3v) is 1.79. The first-order valence-corrected chi connectivity index (χ1v) is 4.41. The van der Waals surface area contributed by atoms with Crippen LogP contribution in [0.2, 0.25) is 0 Å². The van der Waals surface area contributed by atoms with Gasteiger partial charge in [-0.15, -0.1) is 18.2 Å². The summed E-state index contributed by atoms with van der Waals surface area (Å²) in [7, 11) is 0. The van der Waals surface area contributed by atoms with Gasteiger partial charge in [0.1, 0.15) is 0 Å². The van der Waals surface area contributed by atoms with E-state index in [-0.39, 0.29) is 6.54 Å². The molecule has 0 aromatic rings. The van der Waals surface area contributed by atoms with E-state index in [4.69, 9.17) is 6.42 Å². The van der Waals surface area contributed by atoms with Crippen LogP contribution in [-0.4, -0.2) is 30.4 Å². The molecule has 5 heteroatoms. The molecule has 0 saturated heterocycles. The van der Waals surface area contributed by atoms with Crippen molar-refractivity contribution in [2.75, 3.05) is 18.1 Å². The monoisotopic (exact) mass is 193 g/mol. The van der Waals surface area contributed by atoms with Crippen LogP contribution in [0.25, 0.3) is 0 Å². The number of nitrogens with one attached hydrogen (secondary N) is 1. The standard InChI is InChI=1S/C7H9F2NOS/c1-2-4-12-5-3-10-7(11)6(8)9/h1,6H,3-5H2,(H,10,11). The molecule has 0 radical (unpaired) electrons. The van der Waals surface area contributed by atoms with Gasteiger partial charge in [-0.3, -0.25) is 4.79 Å². The minimum atomic E-state index is -2.93. The molecule has 2 nitrogen and oxygen atoms in total. The van der Waals surface area contributed by atoms with Crippen molar-refractivity contribution in [2.45, 2.75) is 6.43 Å². The Hall–Kier alpha value is -0.760. The van der Waals surface area contributed by atoms with Gasteiger partial charge in [-0.1, -0.05) is 5.92 Å². The maximum Gasteiger partial charge on any atom is 0.315 e. The van der Waals surface area contributed by atoms with Crippen LogP contribution < -0.4 is 5.32 Å². The molecule has 1 N–H and O–H groups in total. The summed E-state index contributed by atoms with van der Waals surface area (Å²) in [5, 5.41) is 2.06. The molecule has 0 saturated carbocycles. The summed E-state index contributed by atoms with van der Waals surface area (Å²) in [4.78, 5) is 10.3. The number of halogens is 2. The van der Waals surface area contributed by atoms with Gasteiger partial charge in [-0.2, -0.15) is 8.78 Å². The van der Waals surface area contributed by atoms with Crippen LogP contribution >= 0.6 is 11.8 Å². The number of hydrogen-bond donors (Lipinski definition) is 1. The number of rotatable bonds is 5. The van der Waals surface area contributed by atoms with Crippen molar-refractivity contribution in [3.05, 3.63) is 0 Å². The molecule has 12 heavy (non-hydrogen) atoms. The fourth-order valence-corrected chi connectivity index (χ4v) is 0.963. The number of amides is 1. The van der Waals surface area contributed by atoms with Crippen molar-refractivity contribution in [1.82, 2.24) is 5.32 Å². The van der Waals surface area contributed by atoms with Gasteiger partial charge in [0.2, 0.25) is 0 Å². The Morgan fingerprint density at radius 1 is 1.67 bits per heavy atom. The lowest BCUT2D eigenvalue weighted by Crippen LogP contribution is -2.31. The van der Waals surface area contributed by atoms with Crippen molar-refractivity contribution in [2.24, 2.45) is 0 Å². The van der Waals surface area contributed by atoms with Crippen LogP contribution in [0.15, 0.2) is 0 Å². The number of alkyl halides is 2. The molecule has 0 atom stereocenters. The summed E-state index contributed by atoms with van der Waals surface area (Å²) >= 11 is 1.41. The smallest absolute Gasteiger partial charge is 0.315 e. The zero-order chi connectivity index (χ0) is 9.40. The van der Waals surface area contributed by atoms with Crippen LogP contribution in [-0.2, 0) is 4.79 Å². The van der Waals surface area contributed by atoms with Crippen molar-refractivity contribution in [1.29, 1.82) is 0 Å². The lowest BCUT2D eigenvalue weighted by Gasteiger charge is -2.01. The van der Waals surface area contributed by atoms with Crippen molar-refractivity contribution in [3.63, 3.8) is 0 Å². The fourth-order valence-electron chi connectivity index (χ4n) is 0.455. The van der Waals surface area contributed by atoms with E-state index in [2.05, 4.69) is 11.2 Å². The Labute approximate surface area is 74.1 Å². The second-order valence-corrected chi connectivity index (χ2v) is 2.95. The summed E-state index contributed by atoms with van der Waals surface area (Å²) < 4.78 is 23.1. The van der Waals surface area contributed by atoms with E-state index in [9.17, 15) is 13.6 Å². The number of carbonyl (C=O) groups excluding carboxylic acids is 1. The molecule has 0 aromatic heterocycles. The zero-order valence-electron chi connectivity index (χ0n) is 6.35. The molecular weight excluding hydrogens is 184 g/mol. The number of carbonyl (C=O) groups is 1. The van der Waals surface area contributed by atoms with Crippen LogP contribution in [0, 0.1) is 12.3 Å². The summed E-state index contributed by atoms with van der Waals surface area (Å²) in [6.07, 6.45) is 2.01. The lowest BCUT2D eigenvalue weighted by molar-refractivity contribution is -0.131. The van der Waals surface area contributed by atoms with Gasteiger partial charge < -0.3 is 5.32 Å². The predicted molar refractivity (Wildman–Crippen MR) is 45.2 cm³/mol. The Bertz CT molecular complexity index is 179. The predicted octanol–water partition coefficient (Wildman–Crippen LogP) is 0.734. The van der Waals surface area contributed by atoms with Gasteiger partial charge in [0, 0.05) is 12.3 Å². The molecule has 0 heterocycles. The summed E-state index contributed by atoms with van der Waals surface area (Å²) in [5.41, 5.74) is 0. The van der Waals surface area contributed by atoms with Crippen molar-refractivity contribution >= 4 is 17.7 Å². The largest absolute Gasteiger partial charge is 0.350 e. The Morgan fingerprint density at radius 3 is 2.83 bits per heavy atom. The summed E-state index contributed by atoms with van der Waals surface area (Å²) in [6, 6.07) is 0. The summed E-state index contributed by atoms with van der Waals surface area (Å²) in [6.45, 7) is 0.232. The highest BCUT2D eigenvalue weighted by molar-refractivity contribution is 7.99. The van der Waals surface area contributed by atoms with E-state index in [1.807, 2.05) is 0 Å². The molecule has 0 aromatic carbocycles. The highest BCUT2D eigenvalue weighted by atomic mass is 32.2. The van der Waals surface area contributed by atoms with E-state index in [0.717, 1.165) is 0 Å². The second-order valence-electron chi connectivity index (χ2n) is 1.85. The Morgan fingerprint density at radius 2 is 2.33 bits per heavy atom. The molecule has 0 spiro atoms. The van der Waals surface area contributed by atoms with E-state index in [1.54, 1.807) is 0 Å². The first-order valence-electron chi connectivity index (χ1n) is 3.25. The van der Waals surface area contributed by atoms with Crippen LogP contribution in [0.5, 0.6) is 0 Å². The maximum absolute atomic E-state index is 11.6. The third kappa shape index (κ3) is 5.98. The molecule has 0 bridgehead atoms. The van der Waals surface area contributed by atoms with Gasteiger partial charge in [-0.25, -0.2) is 0 Å². The molecule has 0 fully saturated rings.